The third kappa shape index (κ3) is 4.19. The maximum Gasteiger partial charge on any atom is 0.309 e. The van der Waals surface area contributed by atoms with Gasteiger partial charge in [-0.25, -0.2) is 0 Å². The van der Waals surface area contributed by atoms with E-state index in [-0.39, 0.29) is 12.5 Å². The van der Waals surface area contributed by atoms with E-state index < -0.39 is 18.0 Å². The SMILES string of the molecule is O=C(O)[C@H]1CCN(C(=O)CCc2ccc(Cl)cc2)C[C@H]1O. The van der Waals surface area contributed by atoms with E-state index >= 15 is 0 Å². The largest absolute Gasteiger partial charge is 0.481 e. The Hall–Kier alpha value is -1.59. The van der Waals surface area contributed by atoms with Gasteiger partial charge in [0.2, 0.25) is 5.91 Å². The number of amides is 1. The van der Waals surface area contributed by atoms with E-state index in [1.807, 2.05) is 12.1 Å². The number of β-amino-alcohol motifs (C(OH)–C–C–N with tert-alkyl or cyclic N) is 1. The smallest absolute Gasteiger partial charge is 0.309 e. The van der Waals surface area contributed by atoms with Crippen LogP contribution in [0, 0.1) is 5.92 Å². The van der Waals surface area contributed by atoms with Gasteiger partial charge in [0.05, 0.1) is 12.0 Å². The van der Waals surface area contributed by atoms with Crippen LogP contribution in [0.1, 0.15) is 18.4 Å². The molecule has 5 nitrogen and oxygen atoms in total. The number of carboxylic acids is 1. The van der Waals surface area contributed by atoms with Gasteiger partial charge in [-0.2, -0.15) is 0 Å². The average molecular weight is 312 g/mol. The summed E-state index contributed by atoms with van der Waals surface area (Å²) in [6, 6.07) is 7.31. The fourth-order valence-electron chi connectivity index (χ4n) is 2.51. The number of nitrogens with zero attached hydrogens (tertiary/aromatic N) is 1. The number of piperidine rings is 1. The monoisotopic (exact) mass is 311 g/mol. The highest BCUT2D eigenvalue weighted by Gasteiger charge is 2.34. The normalized spacial score (nSPS) is 22.1. The van der Waals surface area contributed by atoms with Gasteiger partial charge in [0, 0.05) is 24.5 Å². The van der Waals surface area contributed by atoms with Crippen molar-refractivity contribution in [3.63, 3.8) is 0 Å². The topological polar surface area (TPSA) is 77.8 Å². The van der Waals surface area contributed by atoms with Crippen LogP contribution in [-0.2, 0) is 16.0 Å². The van der Waals surface area contributed by atoms with Crippen molar-refractivity contribution in [3.8, 4) is 0 Å². The molecular weight excluding hydrogens is 294 g/mol. The molecule has 0 aliphatic carbocycles. The number of carbonyl (C=O) groups is 2. The highest BCUT2D eigenvalue weighted by molar-refractivity contribution is 6.30. The van der Waals surface area contributed by atoms with Crippen LogP contribution >= 0.6 is 11.6 Å². The fourth-order valence-corrected chi connectivity index (χ4v) is 2.63. The van der Waals surface area contributed by atoms with Crippen LogP contribution in [0.5, 0.6) is 0 Å². The summed E-state index contributed by atoms with van der Waals surface area (Å²) in [7, 11) is 0. The zero-order valence-corrected chi connectivity index (χ0v) is 12.3. The highest BCUT2D eigenvalue weighted by Crippen LogP contribution is 2.19. The Balaban J connectivity index is 1.84. The molecule has 1 aromatic carbocycles. The Bertz CT molecular complexity index is 517. The second-order valence-corrected chi connectivity index (χ2v) is 5.70. The molecule has 6 heteroatoms. The molecule has 1 aromatic rings. The van der Waals surface area contributed by atoms with Crippen molar-refractivity contribution in [1.82, 2.24) is 4.90 Å². The molecule has 21 heavy (non-hydrogen) atoms. The second-order valence-electron chi connectivity index (χ2n) is 5.27. The van der Waals surface area contributed by atoms with Crippen LogP contribution in [-0.4, -0.2) is 46.2 Å². The predicted molar refractivity (Wildman–Crippen MR) is 78.1 cm³/mol. The number of hydrogen-bond acceptors (Lipinski definition) is 3. The summed E-state index contributed by atoms with van der Waals surface area (Å²) in [5, 5.41) is 19.4. The van der Waals surface area contributed by atoms with E-state index in [2.05, 4.69) is 0 Å². The lowest BCUT2D eigenvalue weighted by Crippen LogP contribution is -2.48. The summed E-state index contributed by atoms with van der Waals surface area (Å²) < 4.78 is 0. The maximum absolute atomic E-state index is 12.1. The second kappa shape index (κ2) is 6.91. The minimum Gasteiger partial charge on any atom is -0.481 e. The number of aliphatic hydroxyl groups excluding tert-OH is 1. The Kier molecular flexibility index (Phi) is 5.20. The van der Waals surface area contributed by atoms with Gasteiger partial charge < -0.3 is 15.1 Å². The summed E-state index contributed by atoms with van der Waals surface area (Å²) in [6.45, 7) is 0.476. The molecule has 0 saturated carbocycles. The summed E-state index contributed by atoms with van der Waals surface area (Å²) in [5.74, 6) is -1.84. The van der Waals surface area contributed by atoms with Gasteiger partial charge in [-0.1, -0.05) is 23.7 Å². The van der Waals surface area contributed by atoms with Crippen LogP contribution in [0.15, 0.2) is 24.3 Å². The maximum atomic E-state index is 12.1. The highest BCUT2D eigenvalue weighted by atomic mass is 35.5. The van der Waals surface area contributed by atoms with Crippen molar-refractivity contribution in [1.29, 1.82) is 0 Å². The summed E-state index contributed by atoms with van der Waals surface area (Å²) in [4.78, 5) is 24.5. The molecule has 1 heterocycles. The van der Waals surface area contributed by atoms with Gasteiger partial charge in [0.1, 0.15) is 0 Å². The molecule has 0 spiro atoms. The van der Waals surface area contributed by atoms with Crippen LogP contribution < -0.4 is 0 Å². The van der Waals surface area contributed by atoms with E-state index in [9.17, 15) is 14.7 Å². The Labute approximate surface area is 128 Å². The number of rotatable bonds is 4. The van der Waals surface area contributed by atoms with Gasteiger partial charge in [0.15, 0.2) is 0 Å². The zero-order valence-electron chi connectivity index (χ0n) is 11.5. The number of carbonyl (C=O) groups excluding carboxylic acids is 1. The molecule has 1 aliphatic rings. The third-order valence-electron chi connectivity index (χ3n) is 3.79. The number of halogens is 1. The first kappa shape index (κ1) is 15.8. The van der Waals surface area contributed by atoms with Gasteiger partial charge in [-0.05, 0) is 30.5 Å². The van der Waals surface area contributed by atoms with Crippen molar-refractivity contribution in [2.45, 2.75) is 25.4 Å². The van der Waals surface area contributed by atoms with Crippen LogP contribution in [0.25, 0.3) is 0 Å². The number of aliphatic hydroxyl groups is 1. The molecule has 0 aromatic heterocycles. The molecule has 2 N–H and O–H groups in total. The van der Waals surface area contributed by atoms with Crippen molar-refractivity contribution in [3.05, 3.63) is 34.9 Å². The molecule has 1 saturated heterocycles. The number of likely N-dealkylation sites (tertiary alicyclic amines) is 1. The third-order valence-corrected chi connectivity index (χ3v) is 4.04. The van der Waals surface area contributed by atoms with E-state index in [0.29, 0.717) is 30.8 Å². The first-order valence-electron chi connectivity index (χ1n) is 6.90. The number of benzene rings is 1. The molecule has 0 radical (unpaired) electrons. The number of aryl methyl sites for hydroxylation is 1. The number of hydrogen-bond donors (Lipinski definition) is 2. The molecule has 114 valence electrons. The van der Waals surface area contributed by atoms with Crippen molar-refractivity contribution >= 4 is 23.5 Å². The minimum atomic E-state index is -1.00. The Morgan fingerprint density at radius 2 is 1.95 bits per heavy atom. The molecule has 1 aliphatic heterocycles. The molecule has 2 rings (SSSR count). The average Bonchev–Trinajstić information content (AvgIpc) is 2.45. The van der Waals surface area contributed by atoms with Crippen LogP contribution in [0.4, 0.5) is 0 Å². The molecular formula is C15H18ClNO4. The van der Waals surface area contributed by atoms with Gasteiger partial charge >= 0.3 is 5.97 Å². The number of aliphatic carboxylic acids is 1. The van der Waals surface area contributed by atoms with E-state index in [1.165, 1.54) is 0 Å². The van der Waals surface area contributed by atoms with Crippen molar-refractivity contribution < 1.29 is 19.8 Å². The molecule has 1 fully saturated rings. The summed E-state index contributed by atoms with van der Waals surface area (Å²) in [6.07, 6.45) is 0.246. The van der Waals surface area contributed by atoms with Crippen molar-refractivity contribution in [2.75, 3.05) is 13.1 Å². The zero-order chi connectivity index (χ0) is 15.4. The van der Waals surface area contributed by atoms with Crippen LogP contribution in [0.2, 0.25) is 5.02 Å². The van der Waals surface area contributed by atoms with E-state index in [1.54, 1.807) is 17.0 Å². The Morgan fingerprint density at radius 1 is 1.29 bits per heavy atom. The van der Waals surface area contributed by atoms with E-state index in [0.717, 1.165) is 5.56 Å². The molecule has 1 amide bonds. The van der Waals surface area contributed by atoms with Crippen LogP contribution in [0.3, 0.4) is 0 Å². The lowest BCUT2D eigenvalue weighted by molar-refractivity contribution is -0.152. The quantitative estimate of drug-likeness (QED) is 0.884. The standard InChI is InChI=1S/C15H18ClNO4/c16-11-4-1-10(2-5-11)3-6-14(19)17-8-7-12(15(20)21)13(18)9-17/h1-2,4-5,12-13,18H,3,6-9H2,(H,20,21)/t12-,13+/m0/s1. The van der Waals surface area contributed by atoms with Gasteiger partial charge in [0.25, 0.3) is 0 Å². The molecule has 0 bridgehead atoms. The van der Waals surface area contributed by atoms with Gasteiger partial charge in [-0.15, -0.1) is 0 Å². The summed E-state index contributed by atoms with van der Waals surface area (Å²) >= 11 is 5.80. The van der Waals surface area contributed by atoms with Gasteiger partial charge in [-0.3, -0.25) is 9.59 Å². The lowest BCUT2D eigenvalue weighted by Gasteiger charge is -2.34. The first-order valence-corrected chi connectivity index (χ1v) is 7.28. The van der Waals surface area contributed by atoms with Crippen molar-refractivity contribution in [2.24, 2.45) is 5.92 Å². The lowest BCUT2D eigenvalue weighted by atomic mass is 9.93. The predicted octanol–water partition coefficient (Wildman–Crippen LogP) is 1.57. The van der Waals surface area contributed by atoms with E-state index in [4.69, 9.17) is 16.7 Å². The molecule has 0 unspecified atom stereocenters. The Morgan fingerprint density at radius 3 is 2.52 bits per heavy atom. The fraction of sp³-hybridized carbons (Fsp3) is 0.467. The molecule has 2 atom stereocenters. The first-order chi connectivity index (χ1) is 9.97. The minimum absolute atomic E-state index is 0.0622. The summed E-state index contributed by atoms with van der Waals surface area (Å²) in [5.41, 5.74) is 1.02. The number of carboxylic acid groups (broad SMARTS) is 1.